The zero-order valence-corrected chi connectivity index (χ0v) is 14.9. The average molecular weight is 342 g/mol. The Morgan fingerprint density at radius 1 is 1.04 bits per heavy atom. The maximum Gasteiger partial charge on any atom is 0.226 e. The van der Waals surface area contributed by atoms with Gasteiger partial charge in [0.25, 0.3) is 0 Å². The highest BCUT2D eigenvalue weighted by atomic mass is 16.6. The van der Waals surface area contributed by atoms with Crippen molar-refractivity contribution in [1.29, 1.82) is 0 Å². The third-order valence-corrected chi connectivity index (χ3v) is 3.89. The lowest BCUT2D eigenvalue weighted by atomic mass is 10.2. The van der Waals surface area contributed by atoms with Gasteiger partial charge in [0, 0.05) is 18.7 Å². The minimum absolute atomic E-state index is 0.614. The van der Waals surface area contributed by atoms with Crippen LogP contribution < -0.4 is 4.74 Å². The lowest BCUT2D eigenvalue weighted by Gasteiger charge is -2.13. The number of ether oxygens (including phenoxy) is 1. The van der Waals surface area contributed by atoms with Crippen LogP contribution in [0.3, 0.4) is 0 Å². The van der Waals surface area contributed by atoms with E-state index < -0.39 is 0 Å². The van der Waals surface area contributed by atoms with Gasteiger partial charge in [-0.15, -0.1) is 0 Å². The van der Waals surface area contributed by atoms with Gasteiger partial charge >= 0.3 is 0 Å². The minimum Gasteiger partial charge on any atom is -0.494 e. The smallest absolute Gasteiger partial charge is 0.226 e. The molecule has 0 N–H and O–H groups in total. The van der Waals surface area contributed by atoms with Crippen LogP contribution in [0, 0.1) is 13.8 Å². The highest BCUT2D eigenvalue weighted by Crippen LogP contribution is 2.24. The fourth-order valence-electron chi connectivity index (χ4n) is 2.52. The van der Waals surface area contributed by atoms with Gasteiger partial charge < -0.3 is 9.15 Å². The molecular formula is C18H22N4O3. The molecule has 0 aliphatic carbocycles. The molecular weight excluding hydrogens is 320 g/mol. The van der Waals surface area contributed by atoms with Crippen LogP contribution in [0.25, 0.3) is 11.5 Å². The van der Waals surface area contributed by atoms with E-state index in [-0.39, 0.29) is 0 Å². The molecule has 2 aromatic heterocycles. The second kappa shape index (κ2) is 7.48. The van der Waals surface area contributed by atoms with Crippen molar-refractivity contribution in [2.24, 2.45) is 0 Å². The van der Waals surface area contributed by atoms with Crippen LogP contribution >= 0.6 is 0 Å². The maximum absolute atomic E-state index is 5.84. The van der Waals surface area contributed by atoms with Crippen molar-refractivity contribution < 1.29 is 13.8 Å². The summed E-state index contributed by atoms with van der Waals surface area (Å²) >= 11 is 0. The van der Waals surface area contributed by atoms with Gasteiger partial charge in [-0.1, -0.05) is 10.3 Å². The largest absolute Gasteiger partial charge is 0.494 e. The molecule has 2 heterocycles. The molecule has 0 atom stereocenters. The number of oxazole rings is 1. The second-order valence-electron chi connectivity index (χ2n) is 5.95. The fraction of sp³-hybridized carbons (Fsp3) is 0.389. The van der Waals surface area contributed by atoms with Gasteiger partial charge in [-0.2, -0.15) is 0 Å². The molecule has 3 aromatic rings. The van der Waals surface area contributed by atoms with Crippen LogP contribution in [0.1, 0.15) is 29.8 Å². The summed E-state index contributed by atoms with van der Waals surface area (Å²) in [5, 5.41) is 7.71. The predicted octanol–water partition coefficient (Wildman–Crippen LogP) is 3.37. The molecule has 0 spiro atoms. The van der Waals surface area contributed by atoms with Crippen molar-refractivity contribution in [2.75, 3.05) is 13.7 Å². The molecule has 1 aromatic carbocycles. The molecule has 0 saturated heterocycles. The Bertz CT molecular complexity index is 823. The molecule has 0 unspecified atom stereocenters. The molecule has 0 amide bonds. The first-order valence-corrected chi connectivity index (χ1v) is 8.23. The van der Waals surface area contributed by atoms with Gasteiger partial charge in [0.15, 0.2) is 0 Å². The summed E-state index contributed by atoms with van der Waals surface area (Å²) in [6.07, 6.45) is 0. The third-order valence-electron chi connectivity index (χ3n) is 3.89. The first-order valence-electron chi connectivity index (χ1n) is 8.23. The summed E-state index contributed by atoms with van der Waals surface area (Å²) in [4.78, 5) is 6.74. The lowest BCUT2D eigenvalue weighted by molar-refractivity contribution is 0.277. The summed E-state index contributed by atoms with van der Waals surface area (Å²) in [6, 6.07) is 7.75. The van der Waals surface area contributed by atoms with Crippen LogP contribution in [-0.2, 0) is 13.1 Å². The zero-order valence-electron chi connectivity index (χ0n) is 14.9. The first-order chi connectivity index (χ1) is 12.1. The third kappa shape index (κ3) is 4.06. The van der Waals surface area contributed by atoms with Crippen molar-refractivity contribution in [3.63, 3.8) is 0 Å². The number of rotatable bonds is 7. The number of nitrogens with zero attached hydrogens (tertiary/aromatic N) is 4. The lowest BCUT2D eigenvalue weighted by Crippen LogP contribution is -2.18. The van der Waals surface area contributed by atoms with Crippen LogP contribution in [0.5, 0.6) is 5.75 Å². The normalized spacial score (nSPS) is 11.2. The topological polar surface area (TPSA) is 77.4 Å². The van der Waals surface area contributed by atoms with Gasteiger partial charge in [-0.05, 0) is 52.1 Å². The van der Waals surface area contributed by atoms with Crippen LogP contribution in [-0.4, -0.2) is 33.9 Å². The second-order valence-corrected chi connectivity index (χ2v) is 5.95. The Morgan fingerprint density at radius 3 is 2.40 bits per heavy atom. The standard InChI is InChI=1S/C18H22N4O3/c1-5-23-15-8-6-14(7-9-15)18-19-17(13(3)24-18)11-22(4)10-16-12(2)20-25-21-16/h6-9H,5,10-11H2,1-4H3. The van der Waals surface area contributed by atoms with E-state index >= 15 is 0 Å². The van der Waals surface area contributed by atoms with E-state index in [1.807, 2.05) is 52.1 Å². The number of aryl methyl sites for hydroxylation is 2. The first kappa shape index (κ1) is 17.2. The number of benzene rings is 1. The van der Waals surface area contributed by atoms with Gasteiger partial charge in [-0.3, -0.25) is 4.90 Å². The molecule has 7 nitrogen and oxygen atoms in total. The Balaban J connectivity index is 1.70. The molecule has 0 aliphatic rings. The summed E-state index contributed by atoms with van der Waals surface area (Å²) < 4.78 is 16.0. The van der Waals surface area contributed by atoms with E-state index in [9.17, 15) is 0 Å². The Hall–Kier alpha value is -2.67. The molecule has 0 saturated carbocycles. The van der Waals surface area contributed by atoms with Gasteiger partial charge in [0.2, 0.25) is 5.89 Å². The van der Waals surface area contributed by atoms with Gasteiger partial charge in [0.1, 0.15) is 22.9 Å². The molecule has 7 heteroatoms. The average Bonchev–Trinajstić information content (AvgIpc) is 3.15. The number of aromatic nitrogens is 3. The molecule has 0 aliphatic heterocycles. The number of hydrogen-bond donors (Lipinski definition) is 0. The van der Waals surface area contributed by atoms with Crippen molar-refractivity contribution in [2.45, 2.75) is 33.9 Å². The van der Waals surface area contributed by atoms with Crippen molar-refractivity contribution in [3.05, 3.63) is 47.1 Å². The SMILES string of the molecule is CCOc1ccc(-c2nc(CN(C)Cc3nonc3C)c(C)o2)cc1. The fourth-order valence-corrected chi connectivity index (χ4v) is 2.52. The van der Waals surface area contributed by atoms with E-state index in [4.69, 9.17) is 13.8 Å². The molecule has 0 fully saturated rings. The summed E-state index contributed by atoms with van der Waals surface area (Å²) in [5.74, 6) is 2.26. The summed E-state index contributed by atoms with van der Waals surface area (Å²) in [7, 11) is 2.00. The zero-order chi connectivity index (χ0) is 17.8. The molecule has 0 radical (unpaired) electrons. The van der Waals surface area contributed by atoms with Crippen molar-refractivity contribution >= 4 is 0 Å². The molecule has 0 bridgehead atoms. The monoisotopic (exact) mass is 342 g/mol. The van der Waals surface area contributed by atoms with Crippen LogP contribution in [0.4, 0.5) is 0 Å². The maximum atomic E-state index is 5.84. The summed E-state index contributed by atoms with van der Waals surface area (Å²) in [5.41, 5.74) is 3.46. The quantitative estimate of drug-likeness (QED) is 0.651. The Morgan fingerprint density at radius 2 is 1.76 bits per heavy atom. The Kier molecular flexibility index (Phi) is 5.14. The van der Waals surface area contributed by atoms with E-state index in [1.54, 1.807) is 0 Å². The van der Waals surface area contributed by atoms with Crippen molar-refractivity contribution in [3.8, 4) is 17.2 Å². The van der Waals surface area contributed by atoms with Gasteiger partial charge in [0.05, 0.1) is 12.3 Å². The molecule has 132 valence electrons. The van der Waals surface area contributed by atoms with E-state index in [2.05, 4.69) is 20.2 Å². The number of hydrogen-bond acceptors (Lipinski definition) is 7. The predicted molar refractivity (Wildman–Crippen MR) is 92.1 cm³/mol. The minimum atomic E-state index is 0.614. The molecule has 3 rings (SSSR count). The highest BCUT2D eigenvalue weighted by molar-refractivity contribution is 5.55. The highest BCUT2D eigenvalue weighted by Gasteiger charge is 2.15. The summed E-state index contributed by atoms with van der Waals surface area (Å²) in [6.45, 7) is 7.71. The van der Waals surface area contributed by atoms with Crippen LogP contribution in [0.2, 0.25) is 0 Å². The van der Waals surface area contributed by atoms with Crippen LogP contribution in [0.15, 0.2) is 33.3 Å². The van der Waals surface area contributed by atoms with Crippen molar-refractivity contribution in [1.82, 2.24) is 20.2 Å². The molecule has 25 heavy (non-hydrogen) atoms. The van der Waals surface area contributed by atoms with Gasteiger partial charge in [-0.25, -0.2) is 9.61 Å². The van der Waals surface area contributed by atoms with E-state index in [0.29, 0.717) is 25.6 Å². The van der Waals surface area contributed by atoms with E-state index in [1.165, 1.54) is 0 Å². The Labute approximate surface area is 146 Å². The van der Waals surface area contributed by atoms with E-state index in [0.717, 1.165) is 34.2 Å².